The van der Waals surface area contributed by atoms with E-state index in [1.165, 1.54) is 25.7 Å². The van der Waals surface area contributed by atoms with Gasteiger partial charge in [0.15, 0.2) is 0 Å². The molecular weight excluding hydrogens is 306 g/mol. The summed E-state index contributed by atoms with van der Waals surface area (Å²) in [6, 6.07) is 6.89. The highest BCUT2D eigenvalue weighted by molar-refractivity contribution is 9.09. The minimum atomic E-state index is -0.356. The van der Waals surface area contributed by atoms with E-state index in [1.807, 2.05) is 12.1 Å². The number of hydrogen-bond donors (Lipinski definition) is 0. The fraction of sp³-hybridized carbons (Fsp3) is 0.600. The standard InChI is InChI=1S/C15H22BrNO2/c1-3-5-6-13(4-2)15(16)11-12-7-9-14(10-8-12)17(18)19/h7-10,13,15H,3-6,11H2,1-2H3. The SMILES string of the molecule is CCCCC(CC)C(Br)Cc1ccc([N+](=O)[O-])cc1. The van der Waals surface area contributed by atoms with E-state index in [4.69, 9.17) is 0 Å². The Labute approximate surface area is 123 Å². The van der Waals surface area contributed by atoms with Crippen LogP contribution >= 0.6 is 15.9 Å². The molecule has 1 rings (SSSR count). The van der Waals surface area contributed by atoms with E-state index in [0.29, 0.717) is 10.7 Å². The molecule has 2 atom stereocenters. The first-order valence-electron chi connectivity index (χ1n) is 6.95. The molecule has 4 heteroatoms. The first-order valence-corrected chi connectivity index (χ1v) is 7.87. The van der Waals surface area contributed by atoms with E-state index < -0.39 is 0 Å². The van der Waals surface area contributed by atoms with Crippen LogP contribution in [0, 0.1) is 16.0 Å². The predicted molar refractivity (Wildman–Crippen MR) is 82.8 cm³/mol. The van der Waals surface area contributed by atoms with Crippen LogP contribution in [-0.4, -0.2) is 9.75 Å². The number of nitrogens with zero attached hydrogens (tertiary/aromatic N) is 1. The van der Waals surface area contributed by atoms with E-state index in [9.17, 15) is 10.1 Å². The molecule has 1 aromatic carbocycles. The van der Waals surface area contributed by atoms with E-state index in [2.05, 4.69) is 29.8 Å². The molecule has 106 valence electrons. The topological polar surface area (TPSA) is 43.1 Å². The molecule has 0 aliphatic heterocycles. The number of unbranched alkanes of at least 4 members (excludes halogenated alkanes) is 1. The van der Waals surface area contributed by atoms with Gasteiger partial charge in [-0.2, -0.15) is 0 Å². The van der Waals surface area contributed by atoms with Gasteiger partial charge < -0.3 is 0 Å². The number of alkyl halides is 1. The molecule has 1 aromatic rings. The van der Waals surface area contributed by atoms with Gasteiger partial charge in [0.1, 0.15) is 0 Å². The molecule has 0 aromatic heterocycles. The number of halogens is 1. The molecule has 0 bridgehead atoms. The molecule has 3 nitrogen and oxygen atoms in total. The molecule has 0 amide bonds. The van der Waals surface area contributed by atoms with Crippen LogP contribution in [0.25, 0.3) is 0 Å². The average molecular weight is 328 g/mol. The van der Waals surface area contributed by atoms with E-state index >= 15 is 0 Å². The smallest absolute Gasteiger partial charge is 0.258 e. The van der Waals surface area contributed by atoms with Crippen LogP contribution in [0.4, 0.5) is 5.69 Å². The lowest BCUT2D eigenvalue weighted by atomic mass is 9.92. The molecule has 0 saturated carbocycles. The fourth-order valence-electron chi connectivity index (χ4n) is 2.25. The maximum atomic E-state index is 10.6. The van der Waals surface area contributed by atoms with Crippen molar-refractivity contribution in [3.63, 3.8) is 0 Å². The number of nitro groups is 1. The highest BCUT2D eigenvalue weighted by Gasteiger charge is 2.17. The Morgan fingerprint density at radius 2 is 1.89 bits per heavy atom. The second-order valence-corrected chi connectivity index (χ2v) is 6.13. The Bertz CT molecular complexity index is 392. The molecule has 0 aliphatic rings. The first kappa shape index (κ1) is 16.2. The molecule has 0 heterocycles. The van der Waals surface area contributed by atoms with Crippen LogP contribution < -0.4 is 0 Å². The quantitative estimate of drug-likeness (QED) is 0.378. The third kappa shape index (κ3) is 5.31. The summed E-state index contributed by atoms with van der Waals surface area (Å²) in [5.74, 6) is 0.676. The van der Waals surface area contributed by atoms with Crippen LogP contribution in [-0.2, 0) is 6.42 Å². The van der Waals surface area contributed by atoms with Crippen LogP contribution in [0.1, 0.15) is 45.1 Å². The van der Waals surface area contributed by atoms with Crippen molar-refractivity contribution in [3.05, 3.63) is 39.9 Å². The van der Waals surface area contributed by atoms with Gasteiger partial charge in [-0.3, -0.25) is 10.1 Å². The molecule has 0 saturated heterocycles. The minimum Gasteiger partial charge on any atom is -0.258 e. The lowest BCUT2D eigenvalue weighted by Gasteiger charge is -2.21. The van der Waals surface area contributed by atoms with Crippen LogP contribution in [0.5, 0.6) is 0 Å². The van der Waals surface area contributed by atoms with E-state index in [0.717, 1.165) is 12.0 Å². The van der Waals surface area contributed by atoms with E-state index in [-0.39, 0.29) is 10.6 Å². The van der Waals surface area contributed by atoms with Crippen LogP contribution in [0.3, 0.4) is 0 Å². The summed E-state index contributed by atoms with van der Waals surface area (Å²) in [6.07, 6.45) is 5.84. The van der Waals surface area contributed by atoms with Gasteiger partial charge in [-0.25, -0.2) is 0 Å². The normalized spacial score (nSPS) is 14.1. The van der Waals surface area contributed by atoms with Gasteiger partial charge in [-0.15, -0.1) is 0 Å². The monoisotopic (exact) mass is 327 g/mol. The molecule has 0 spiro atoms. The Hall–Kier alpha value is -0.900. The molecule has 19 heavy (non-hydrogen) atoms. The van der Waals surface area contributed by atoms with E-state index in [1.54, 1.807) is 12.1 Å². The number of rotatable bonds is 8. The lowest BCUT2D eigenvalue weighted by molar-refractivity contribution is -0.384. The summed E-state index contributed by atoms with van der Waals surface area (Å²) in [5, 5.41) is 10.6. The number of non-ortho nitro benzene ring substituents is 1. The van der Waals surface area contributed by atoms with Crippen molar-refractivity contribution < 1.29 is 4.92 Å². The van der Waals surface area contributed by atoms with Gasteiger partial charge in [-0.1, -0.05) is 61.2 Å². The van der Waals surface area contributed by atoms with Gasteiger partial charge in [0, 0.05) is 17.0 Å². The van der Waals surface area contributed by atoms with Crippen molar-refractivity contribution in [1.82, 2.24) is 0 Å². The molecule has 0 radical (unpaired) electrons. The van der Waals surface area contributed by atoms with Crippen molar-refractivity contribution >= 4 is 21.6 Å². The van der Waals surface area contributed by atoms with Gasteiger partial charge in [-0.05, 0) is 24.3 Å². The number of benzene rings is 1. The zero-order valence-electron chi connectivity index (χ0n) is 11.6. The molecule has 0 fully saturated rings. The van der Waals surface area contributed by atoms with Gasteiger partial charge in [0.2, 0.25) is 0 Å². The Kier molecular flexibility index (Phi) is 7.06. The maximum Gasteiger partial charge on any atom is 0.269 e. The Morgan fingerprint density at radius 1 is 1.26 bits per heavy atom. The van der Waals surface area contributed by atoms with Gasteiger partial charge >= 0.3 is 0 Å². The molecule has 0 N–H and O–H groups in total. The average Bonchev–Trinajstić information content (AvgIpc) is 2.40. The van der Waals surface area contributed by atoms with Crippen molar-refractivity contribution in [2.24, 2.45) is 5.92 Å². The lowest BCUT2D eigenvalue weighted by Crippen LogP contribution is -2.16. The largest absolute Gasteiger partial charge is 0.269 e. The fourth-order valence-corrected chi connectivity index (χ4v) is 3.26. The number of hydrogen-bond acceptors (Lipinski definition) is 2. The predicted octanol–water partition coefficient (Wildman–Crippen LogP) is 5.12. The molecule has 2 unspecified atom stereocenters. The van der Waals surface area contributed by atoms with Crippen molar-refractivity contribution in [2.45, 2.75) is 50.8 Å². The second-order valence-electron chi connectivity index (χ2n) is 4.95. The van der Waals surface area contributed by atoms with Crippen LogP contribution in [0.2, 0.25) is 0 Å². The van der Waals surface area contributed by atoms with Gasteiger partial charge in [0.25, 0.3) is 5.69 Å². The maximum absolute atomic E-state index is 10.6. The third-order valence-corrected chi connectivity index (χ3v) is 4.61. The highest BCUT2D eigenvalue weighted by Crippen LogP contribution is 2.26. The zero-order valence-corrected chi connectivity index (χ0v) is 13.2. The zero-order chi connectivity index (χ0) is 14.3. The summed E-state index contributed by atoms with van der Waals surface area (Å²) in [7, 11) is 0. The third-order valence-electron chi connectivity index (χ3n) is 3.54. The summed E-state index contributed by atoms with van der Waals surface area (Å²) < 4.78 is 0. The first-order chi connectivity index (χ1) is 9.08. The minimum absolute atomic E-state index is 0.160. The van der Waals surface area contributed by atoms with Crippen molar-refractivity contribution in [3.8, 4) is 0 Å². The van der Waals surface area contributed by atoms with Crippen LogP contribution in [0.15, 0.2) is 24.3 Å². The van der Waals surface area contributed by atoms with Crippen molar-refractivity contribution in [2.75, 3.05) is 0 Å². The summed E-state index contributed by atoms with van der Waals surface area (Å²) in [4.78, 5) is 10.7. The van der Waals surface area contributed by atoms with Crippen molar-refractivity contribution in [1.29, 1.82) is 0 Å². The Balaban J connectivity index is 2.59. The van der Waals surface area contributed by atoms with Gasteiger partial charge in [0.05, 0.1) is 4.92 Å². The Morgan fingerprint density at radius 3 is 2.37 bits per heavy atom. The second kappa shape index (κ2) is 8.31. The summed E-state index contributed by atoms with van der Waals surface area (Å²) in [6.45, 7) is 4.44. The number of nitro benzene ring substituents is 1. The summed E-state index contributed by atoms with van der Waals surface area (Å²) in [5.41, 5.74) is 1.32. The highest BCUT2D eigenvalue weighted by atomic mass is 79.9. The molecular formula is C15H22BrNO2. The summed E-state index contributed by atoms with van der Waals surface area (Å²) >= 11 is 3.79. The molecule has 0 aliphatic carbocycles.